The summed E-state index contributed by atoms with van der Waals surface area (Å²) in [5.74, 6) is -3.43. The molecule has 0 radical (unpaired) electrons. The highest BCUT2D eigenvalue weighted by molar-refractivity contribution is 5.98. The van der Waals surface area contributed by atoms with E-state index < -0.39 is 73.1 Å². The molecule has 30 heavy (non-hydrogen) atoms. The monoisotopic (exact) mass is 424 g/mol. The zero-order chi connectivity index (χ0) is 29.1. The molecule has 2 heterocycles. The summed E-state index contributed by atoms with van der Waals surface area (Å²) in [6, 6.07) is 7.31. The van der Waals surface area contributed by atoms with Gasteiger partial charge in [0.05, 0.1) is 30.9 Å². The number of hydrogen-bond donors (Lipinski definition) is 0. The van der Waals surface area contributed by atoms with Gasteiger partial charge in [0.25, 0.3) is 5.91 Å². The Bertz CT molecular complexity index is 1430. The summed E-state index contributed by atoms with van der Waals surface area (Å²) in [7, 11) is 0. The number of nitrogens with zero attached hydrogens (tertiary/aromatic N) is 3. The highest BCUT2D eigenvalue weighted by atomic mass is 19.4. The van der Waals surface area contributed by atoms with Crippen LogP contribution in [0, 0.1) is 0 Å². The molecule has 0 N–H and O–H groups in total. The molecule has 0 bridgehead atoms. The SMILES string of the molecule is [2H]c1nc(C([2H])([2H])N2C(=O)c3cc(-c4ccc(OC(F)(F)F)cc4)ccc3OC([2H])([2H])C2([2H])[2H])nc([2H])c1[2H]. The topological polar surface area (TPSA) is 64.6 Å². The lowest BCUT2D eigenvalue weighted by Crippen LogP contribution is -2.32. The number of carbonyl (C=O) groups is 1. The second-order valence-corrected chi connectivity index (χ2v) is 5.75. The lowest BCUT2D eigenvalue weighted by atomic mass is 10.0. The molecule has 0 unspecified atom stereocenters. The quantitative estimate of drug-likeness (QED) is 0.632. The van der Waals surface area contributed by atoms with Crippen molar-refractivity contribution in [2.24, 2.45) is 0 Å². The van der Waals surface area contributed by atoms with E-state index >= 15 is 0 Å². The molecule has 0 fully saturated rings. The summed E-state index contributed by atoms with van der Waals surface area (Å²) in [5.41, 5.74) is -0.0342. The van der Waals surface area contributed by atoms with Gasteiger partial charge in [0.15, 0.2) is 0 Å². The van der Waals surface area contributed by atoms with Crippen LogP contribution < -0.4 is 9.47 Å². The molecule has 3 aromatic rings. The highest BCUT2D eigenvalue weighted by Crippen LogP contribution is 2.31. The fourth-order valence-corrected chi connectivity index (χ4v) is 2.55. The molecule has 0 aliphatic carbocycles. The smallest absolute Gasteiger partial charge is 0.491 e. The fraction of sp³-hybridized carbons (Fsp3) is 0.190. The van der Waals surface area contributed by atoms with E-state index in [0.717, 1.165) is 24.3 Å². The van der Waals surface area contributed by atoms with Crippen LogP contribution in [0.4, 0.5) is 13.2 Å². The Morgan fingerprint density at radius 3 is 2.57 bits per heavy atom. The van der Waals surface area contributed by atoms with Gasteiger partial charge in [-0.1, -0.05) is 18.2 Å². The Labute approximate surface area is 182 Å². The Morgan fingerprint density at radius 2 is 1.87 bits per heavy atom. The van der Waals surface area contributed by atoms with Gasteiger partial charge in [0.2, 0.25) is 0 Å². The van der Waals surface area contributed by atoms with Gasteiger partial charge in [-0.25, -0.2) is 9.97 Å². The third kappa shape index (κ3) is 4.51. The Kier molecular flexibility index (Phi) is 3.08. The predicted octanol–water partition coefficient (Wildman–Crippen LogP) is 4.08. The largest absolute Gasteiger partial charge is 0.573 e. The van der Waals surface area contributed by atoms with Crippen LogP contribution in [0.3, 0.4) is 0 Å². The average Bonchev–Trinajstić information content (AvgIpc) is 2.86. The van der Waals surface area contributed by atoms with Crippen LogP contribution in [0.15, 0.2) is 60.9 Å². The normalized spacial score (nSPS) is 22.2. The van der Waals surface area contributed by atoms with E-state index in [1.807, 2.05) is 0 Å². The first kappa shape index (κ1) is 11.5. The molecular weight excluding hydrogens is 399 g/mol. The standard InChI is InChI=1S/C21H16F3N3O3/c22-21(23,24)30-16-5-2-14(3-6-16)15-4-7-18-17(12-15)20(28)27(10-11-29-18)13-19-25-8-1-9-26-19/h1-9,12H,10-11,13H2/i1D,8D,9D,10D2,11D2,13D2. The first-order valence-corrected chi connectivity index (χ1v) is 8.21. The van der Waals surface area contributed by atoms with Crippen molar-refractivity contribution in [3.8, 4) is 22.6 Å². The maximum atomic E-state index is 13.7. The molecule has 0 saturated heterocycles. The van der Waals surface area contributed by atoms with Gasteiger partial charge < -0.3 is 14.4 Å². The van der Waals surface area contributed by atoms with E-state index in [-0.39, 0.29) is 16.0 Å². The van der Waals surface area contributed by atoms with Crippen LogP contribution in [0.1, 0.15) is 28.5 Å². The summed E-state index contributed by atoms with van der Waals surface area (Å²) in [5, 5.41) is 0. The minimum atomic E-state index is -4.91. The fourth-order valence-electron chi connectivity index (χ4n) is 2.55. The molecule has 0 atom stereocenters. The minimum Gasteiger partial charge on any atom is -0.491 e. The number of halogens is 3. The van der Waals surface area contributed by atoms with Gasteiger partial charge in [-0.15, -0.1) is 13.2 Å². The lowest BCUT2D eigenvalue weighted by molar-refractivity contribution is -0.274. The van der Waals surface area contributed by atoms with Gasteiger partial charge in [-0.05, 0) is 41.4 Å². The molecular formula is C21H16F3N3O3. The molecule has 4 rings (SSSR count). The zero-order valence-corrected chi connectivity index (χ0v) is 14.7. The van der Waals surface area contributed by atoms with Crippen molar-refractivity contribution in [2.75, 3.05) is 13.1 Å². The van der Waals surface area contributed by atoms with E-state index in [1.54, 1.807) is 0 Å². The number of rotatable bonds is 4. The zero-order valence-electron chi connectivity index (χ0n) is 23.7. The second-order valence-electron chi connectivity index (χ2n) is 5.75. The number of amides is 1. The summed E-state index contributed by atoms with van der Waals surface area (Å²) in [6.45, 7) is -10.2. The number of ether oxygens (including phenoxy) is 2. The van der Waals surface area contributed by atoms with E-state index in [4.69, 9.17) is 17.1 Å². The van der Waals surface area contributed by atoms with E-state index in [2.05, 4.69) is 14.7 Å². The molecule has 1 aromatic heterocycles. The maximum absolute atomic E-state index is 13.7. The molecule has 1 aliphatic rings. The summed E-state index contributed by atoms with van der Waals surface area (Å²) in [4.78, 5) is 20.5. The van der Waals surface area contributed by atoms with Gasteiger partial charge in [0.1, 0.15) is 23.9 Å². The molecule has 154 valence electrons. The Morgan fingerprint density at radius 1 is 1.17 bits per heavy atom. The van der Waals surface area contributed by atoms with E-state index in [0.29, 0.717) is 0 Å². The maximum Gasteiger partial charge on any atom is 0.573 e. The molecule has 0 saturated carbocycles. The van der Waals surface area contributed by atoms with Crippen LogP contribution in [0.2, 0.25) is 0 Å². The van der Waals surface area contributed by atoms with Gasteiger partial charge in [-0.3, -0.25) is 4.79 Å². The Balaban J connectivity index is 1.83. The number of aromatic nitrogens is 2. The van der Waals surface area contributed by atoms with Crippen LogP contribution >= 0.6 is 0 Å². The number of carbonyl (C=O) groups excluding carboxylic acids is 1. The third-order valence-corrected chi connectivity index (χ3v) is 3.80. The van der Waals surface area contributed by atoms with Crippen LogP contribution in [-0.2, 0) is 6.50 Å². The van der Waals surface area contributed by atoms with Gasteiger partial charge in [-0.2, -0.15) is 0 Å². The Hall–Kier alpha value is -3.62. The van der Waals surface area contributed by atoms with Crippen molar-refractivity contribution in [2.45, 2.75) is 12.9 Å². The average molecular weight is 424 g/mol. The minimum absolute atomic E-state index is 0.145. The predicted molar refractivity (Wildman–Crippen MR) is 101 cm³/mol. The third-order valence-electron chi connectivity index (χ3n) is 3.80. The summed E-state index contributed by atoms with van der Waals surface area (Å²) in [6.07, 6.45) is -6.67. The van der Waals surface area contributed by atoms with Crippen LogP contribution in [-0.4, -0.2) is 40.2 Å². The van der Waals surface area contributed by atoms with Crippen molar-refractivity contribution in [1.29, 1.82) is 0 Å². The van der Waals surface area contributed by atoms with Crippen LogP contribution in [0.5, 0.6) is 11.5 Å². The van der Waals surface area contributed by atoms with Crippen molar-refractivity contribution in [1.82, 2.24) is 14.9 Å². The van der Waals surface area contributed by atoms with Crippen molar-refractivity contribution in [3.63, 3.8) is 0 Å². The molecule has 1 aliphatic heterocycles. The second kappa shape index (κ2) is 8.02. The van der Waals surface area contributed by atoms with Crippen molar-refractivity contribution in [3.05, 3.63) is 72.2 Å². The van der Waals surface area contributed by atoms with E-state index in [9.17, 15) is 18.0 Å². The number of alkyl halides is 3. The number of hydrogen-bond acceptors (Lipinski definition) is 5. The first-order valence-electron chi connectivity index (χ1n) is 12.7. The molecule has 9 heteroatoms. The molecule has 1 amide bonds. The van der Waals surface area contributed by atoms with Crippen molar-refractivity contribution >= 4 is 5.91 Å². The highest BCUT2D eigenvalue weighted by Gasteiger charge is 2.31. The van der Waals surface area contributed by atoms with Crippen LogP contribution in [0.25, 0.3) is 11.1 Å². The van der Waals surface area contributed by atoms with Gasteiger partial charge >= 0.3 is 6.36 Å². The lowest BCUT2D eigenvalue weighted by Gasteiger charge is -2.19. The summed E-state index contributed by atoms with van der Waals surface area (Å²) >= 11 is 0. The molecule has 6 nitrogen and oxygen atoms in total. The summed E-state index contributed by atoms with van der Waals surface area (Å²) < 4.78 is 119. The number of fused-ring (bicyclic) bond motifs is 1. The van der Waals surface area contributed by atoms with E-state index in [1.165, 1.54) is 18.2 Å². The van der Waals surface area contributed by atoms with Gasteiger partial charge in [0, 0.05) is 12.3 Å². The molecule has 2 aromatic carbocycles. The first-order chi connectivity index (χ1) is 17.8. The molecule has 0 spiro atoms. The van der Waals surface area contributed by atoms with Crippen molar-refractivity contribution < 1.29 is 39.8 Å². The number of benzene rings is 2.